The van der Waals surface area contributed by atoms with Crippen LogP contribution in [0.5, 0.6) is 11.6 Å². The van der Waals surface area contributed by atoms with E-state index in [1.165, 1.54) is 6.07 Å². The Morgan fingerprint density at radius 2 is 1.75 bits per heavy atom. The van der Waals surface area contributed by atoms with E-state index in [9.17, 15) is 0 Å². The first-order chi connectivity index (χ1) is 7.63. The molecule has 0 saturated heterocycles. The molecule has 1 aromatic carbocycles. The van der Waals surface area contributed by atoms with Crippen LogP contribution in [0, 0.1) is 6.92 Å². The molecular weight excluding hydrogens is 247 g/mol. The van der Waals surface area contributed by atoms with Gasteiger partial charge in [0.15, 0.2) is 0 Å². The molecule has 0 aliphatic rings. The number of aryl methyl sites for hydroxylation is 1. The van der Waals surface area contributed by atoms with Gasteiger partial charge >= 0.3 is 0 Å². The molecule has 0 bridgehead atoms. The summed E-state index contributed by atoms with van der Waals surface area (Å²) in [6.07, 6.45) is 0. The Kier molecular flexibility index (Phi) is 3.27. The molecule has 1 heterocycles. The number of hydrogen-bond acceptors (Lipinski definition) is 3. The second kappa shape index (κ2) is 4.68. The molecule has 0 N–H and O–H groups in total. The summed E-state index contributed by atoms with van der Waals surface area (Å²) in [6, 6.07) is 9.09. The van der Waals surface area contributed by atoms with Gasteiger partial charge in [-0.05, 0) is 30.7 Å². The van der Waals surface area contributed by atoms with E-state index in [4.69, 9.17) is 27.9 Å². The van der Waals surface area contributed by atoms with Gasteiger partial charge in [0, 0.05) is 6.07 Å². The predicted molar refractivity (Wildman–Crippen MR) is 63.3 cm³/mol. The zero-order valence-electron chi connectivity index (χ0n) is 8.45. The van der Waals surface area contributed by atoms with Crippen molar-refractivity contribution in [1.82, 2.24) is 9.97 Å². The van der Waals surface area contributed by atoms with Crippen LogP contribution in [0.1, 0.15) is 5.56 Å². The lowest BCUT2D eigenvalue weighted by molar-refractivity contribution is 0.461. The Morgan fingerprint density at radius 1 is 1.06 bits per heavy atom. The highest BCUT2D eigenvalue weighted by atomic mass is 35.5. The molecule has 0 saturated carbocycles. The van der Waals surface area contributed by atoms with Crippen molar-refractivity contribution in [3.63, 3.8) is 0 Å². The van der Waals surface area contributed by atoms with E-state index in [-0.39, 0.29) is 10.4 Å². The number of ether oxygens (including phenoxy) is 1. The third-order valence-electron chi connectivity index (χ3n) is 1.89. The normalized spacial score (nSPS) is 10.2. The molecule has 0 radical (unpaired) electrons. The molecule has 3 nitrogen and oxygen atoms in total. The van der Waals surface area contributed by atoms with Gasteiger partial charge in [0.1, 0.15) is 10.9 Å². The lowest BCUT2D eigenvalue weighted by Gasteiger charge is -2.05. The molecule has 0 unspecified atom stereocenters. The molecule has 0 atom stereocenters. The molecule has 1 aromatic heterocycles. The number of benzene rings is 1. The summed E-state index contributed by atoms with van der Waals surface area (Å²) >= 11 is 11.4. The fourth-order valence-electron chi connectivity index (χ4n) is 1.15. The van der Waals surface area contributed by atoms with E-state index in [2.05, 4.69) is 9.97 Å². The maximum atomic E-state index is 5.73. The van der Waals surface area contributed by atoms with E-state index in [0.717, 1.165) is 5.56 Å². The molecule has 0 fully saturated rings. The standard InChI is InChI=1S/C11H8Cl2N2O/c1-7-2-4-8(5-3-7)16-10-6-9(12)14-11(13)15-10/h2-6H,1H3. The van der Waals surface area contributed by atoms with Crippen LogP contribution < -0.4 is 4.74 Å². The van der Waals surface area contributed by atoms with Gasteiger partial charge in [0.2, 0.25) is 11.2 Å². The van der Waals surface area contributed by atoms with Crippen molar-refractivity contribution in [2.75, 3.05) is 0 Å². The molecule has 0 spiro atoms. The predicted octanol–water partition coefficient (Wildman–Crippen LogP) is 3.88. The molecule has 0 aliphatic carbocycles. The number of aromatic nitrogens is 2. The van der Waals surface area contributed by atoms with Crippen molar-refractivity contribution in [2.24, 2.45) is 0 Å². The molecule has 5 heteroatoms. The van der Waals surface area contributed by atoms with E-state index in [1.807, 2.05) is 31.2 Å². The monoisotopic (exact) mass is 254 g/mol. The average Bonchev–Trinajstić information content (AvgIpc) is 2.20. The average molecular weight is 255 g/mol. The van der Waals surface area contributed by atoms with Crippen LogP contribution in [0.3, 0.4) is 0 Å². The fraction of sp³-hybridized carbons (Fsp3) is 0.0909. The van der Waals surface area contributed by atoms with Crippen molar-refractivity contribution in [3.05, 3.63) is 46.3 Å². The first kappa shape index (κ1) is 11.2. The van der Waals surface area contributed by atoms with Crippen molar-refractivity contribution >= 4 is 23.2 Å². The van der Waals surface area contributed by atoms with Crippen LogP contribution in [-0.4, -0.2) is 9.97 Å². The summed E-state index contributed by atoms with van der Waals surface area (Å²) in [7, 11) is 0. The second-order valence-corrected chi connectivity index (χ2v) is 3.94. The third-order valence-corrected chi connectivity index (χ3v) is 2.25. The summed E-state index contributed by atoms with van der Waals surface area (Å²) in [5, 5.41) is 0.316. The van der Waals surface area contributed by atoms with Crippen molar-refractivity contribution < 1.29 is 4.74 Å². The van der Waals surface area contributed by atoms with E-state index in [0.29, 0.717) is 11.6 Å². The second-order valence-electron chi connectivity index (χ2n) is 3.21. The Morgan fingerprint density at radius 3 is 2.38 bits per heavy atom. The molecule has 16 heavy (non-hydrogen) atoms. The third kappa shape index (κ3) is 2.84. The maximum Gasteiger partial charge on any atom is 0.227 e. The van der Waals surface area contributed by atoms with E-state index in [1.54, 1.807) is 0 Å². The zero-order valence-corrected chi connectivity index (χ0v) is 9.96. The zero-order chi connectivity index (χ0) is 11.5. The molecule has 0 aliphatic heterocycles. The van der Waals surface area contributed by atoms with Crippen molar-refractivity contribution in [3.8, 4) is 11.6 Å². The molecule has 0 amide bonds. The van der Waals surface area contributed by atoms with Crippen molar-refractivity contribution in [2.45, 2.75) is 6.92 Å². The number of halogens is 2. The fourth-order valence-corrected chi connectivity index (χ4v) is 1.54. The van der Waals surface area contributed by atoms with Gasteiger partial charge in [-0.25, -0.2) is 4.98 Å². The molecule has 2 rings (SSSR count). The Balaban J connectivity index is 2.23. The van der Waals surface area contributed by atoms with Crippen LogP contribution in [0.25, 0.3) is 0 Å². The smallest absolute Gasteiger partial charge is 0.227 e. The number of nitrogens with zero attached hydrogens (tertiary/aromatic N) is 2. The van der Waals surface area contributed by atoms with Gasteiger partial charge in [0.25, 0.3) is 0 Å². The summed E-state index contributed by atoms with van der Waals surface area (Å²) in [5.74, 6) is 1.00. The van der Waals surface area contributed by atoms with Gasteiger partial charge in [0.05, 0.1) is 0 Å². The largest absolute Gasteiger partial charge is 0.439 e. The summed E-state index contributed by atoms with van der Waals surface area (Å²) in [6.45, 7) is 2.00. The van der Waals surface area contributed by atoms with Crippen LogP contribution in [0.2, 0.25) is 10.4 Å². The summed E-state index contributed by atoms with van der Waals surface area (Å²) < 4.78 is 5.48. The summed E-state index contributed by atoms with van der Waals surface area (Å²) in [4.78, 5) is 7.63. The molecule has 2 aromatic rings. The van der Waals surface area contributed by atoms with Gasteiger partial charge in [-0.3, -0.25) is 0 Å². The maximum absolute atomic E-state index is 5.73. The number of hydrogen-bond donors (Lipinski definition) is 0. The SMILES string of the molecule is Cc1ccc(Oc2cc(Cl)nc(Cl)n2)cc1. The Hall–Kier alpha value is -1.32. The Labute approximate surface area is 103 Å². The van der Waals surface area contributed by atoms with E-state index < -0.39 is 0 Å². The molecule has 82 valence electrons. The highest BCUT2D eigenvalue weighted by molar-refractivity contribution is 6.31. The summed E-state index contributed by atoms with van der Waals surface area (Å²) in [5.41, 5.74) is 1.16. The van der Waals surface area contributed by atoms with Crippen molar-refractivity contribution in [1.29, 1.82) is 0 Å². The first-order valence-electron chi connectivity index (χ1n) is 4.58. The van der Waals surface area contributed by atoms with E-state index >= 15 is 0 Å². The topological polar surface area (TPSA) is 35.0 Å². The van der Waals surface area contributed by atoms with Gasteiger partial charge < -0.3 is 4.74 Å². The van der Waals surface area contributed by atoms with Crippen LogP contribution >= 0.6 is 23.2 Å². The van der Waals surface area contributed by atoms with Gasteiger partial charge in [-0.1, -0.05) is 29.3 Å². The van der Waals surface area contributed by atoms with Gasteiger partial charge in [-0.15, -0.1) is 0 Å². The van der Waals surface area contributed by atoms with Gasteiger partial charge in [-0.2, -0.15) is 4.98 Å². The first-order valence-corrected chi connectivity index (χ1v) is 5.34. The lowest BCUT2D eigenvalue weighted by Crippen LogP contribution is -1.90. The highest BCUT2D eigenvalue weighted by Gasteiger charge is 2.03. The van der Waals surface area contributed by atoms with Crippen LogP contribution in [-0.2, 0) is 0 Å². The minimum atomic E-state index is 0.0645. The van der Waals surface area contributed by atoms with Crippen LogP contribution in [0.4, 0.5) is 0 Å². The number of rotatable bonds is 2. The minimum Gasteiger partial charge on any atom is -0.439 e. The molecular formula is C11H8Cl2N2O. The minimum absolute atomic E-state index is 0.0645. The van der Waals surface area contributed by atoms with Crippen LogP contribution in [0.15, 0.2) is 30.3 Å². The lowest BCUT2D eigenvalue weighted by atomic mass is 10.2. The Bertz CT molecular complexity index is 480. The highest BCUT2D eigenvalue weighted by Crippen LogP contribution is 2.22. The quantitative estimate of drug-likeness (QED) is 0.603.